The van der Waals surface area contributed by atoms with Gasteiger partial charge in [-0.2, -0.15) is 0 Å². The molecular formula is C17H16F4O4. The number of ether oxygens (including phenoxy) is 1. The minimum atomic E-state index is -1.61. The lowest BCUT2D eigenvalue weighted by Crippen LogP contribution is -2.13. The number of carboxylic acids is 1. The first-order chi connectivity index (χ1) is 11.6. The van der Waals surface area contributed by atoms with Crippen LogP contribution in [0.5, 0.6) is 0 Å². The molecular weight excluding hydrogens is 344 g/mol. The molecule has 1 fully saturated rings. The van der Waals surface area contributed by atoms with Crippen LogP contribution < -0.4 is 0 Å². The van der Waals surface area contributed by atoms with Crippen LogP contribution in [0.1, 0.15) is 25.8 Å². The molecule has 0 amide bonds. The Morgan fingerprint density at radius 3 is 2.28 bits per heavy atom. The standard InChI is InChI=1S/C17H16F4O4/c1-17(2)9(4-3-5-12(22)23)13(17)16(24)25-7-8-14(20)10(18)6-11(19)15(8)21/h3-4,6,9,13H,5,7H2,1-2H3,(H,22,23)/b4-3+. The largest absolute Gasteiger partial charge is 0.481 e. The SMILES string of the molecule is CC1(C)C(/C=C/CC(=O)O)C1C(=O)OCc1c(F)c(F)cc(F)c1F. The quantitative estimate of drug-likeness (QED) is 0.364. The molecule has 2 atom stereocenters. The van der Waals surface area contributed by atoms with E-state index in [2.05, 4.69) is 0 Å². The van der Waals surface area contributed by atoms with Crippen LogP contribution in [0.25, 0.3) is 0 Å². The Morgan fingerprint density at radius 1 is 1.20 bits per heavy atom. The maximum atomic E-state index is 13.5. The molecule has 8 heteroatoms. The average Bonchev–Trinajstić information content (AvgIpc) is 3.06. The van der Waals surface area contributed by atoms with Crippen molar-refractivity contribution in [2.45, 2.75) is 26.9 Å². The zero-order valence-electron chi connectivity index (χ0n) is 13.5. The number of hydrogen-bond donors (Lipinski definition) is 1. The highest BCUT2D eigenvalue weighted by Gasteiger charge is 2.61. The summed E-state index contributed by atoms with van der Waals surface area (Å²) in [6, 6.07) is 0.0727. The molecule has 1 N–H and O–H groups in total. The summed E-state index contributed by atoms with van der Waals surface area (Å²) in [5.41, 5.74) is -1.52. The first-order valence-electron chi connectivity index (χ1n) is 7.44. The maximum absolute atomic E-state index is 13.5. The first kappa shape index (κ1) is 19.0. The van der Waals surface area contributed by atoms with Crippen molar-refractivity contribution in [3.8, 4) is 0 Å². The van der Waals surface area contributed by atoms with Crippen LogP contribution in [0.15, 0.2) is 18.2 Å². The van der Waals surface area contributed by atoms with Gasteiger partial charge in [0.05, 0.1) is 17.9 Å². The van der Waals surface area contributed by atoms with Crippen LogP contribution in [-0.4, -0.2) is 17.0 Å². The highest BCUT2D eigenvalue weighted by Crippen LogP contribution is 2.59. The molecule has 1 saturated carbocycles. The summed E-state index contributed by atoms with van der Waals surface area (Å²) in [7, 11) is 0. The molecule has 1 aromatic carbocycles. The van der Waals surface area contributed by atoms with E-state index >= 15 is 0 Å². The van der Waals surface area contributed by atoms with Crippen molar-refractivity contribution in [3.63, 3.8) is 0 Å². The van der Waals surface area contributed by atoms with Gasteiger partial charge in [0.1, 0.15) is 6.61 Å². The summed E-state index contributed by atoms with van der Waals surface area (Å²) < 4.78 is 58.1. The van der Waals surface area contributed by atoms with E-state index in [1.165, 1.54) is 6.08 Å². The number of allylic oxidation sites excluding steroid dienone is 1. The summed E-state index contributed by atoms with van der Waals surface area (Å²) in [5, 5.41) is 8.58. The van der Waals surface area contributed by atoms with E-state index in [0.717, 1.165) is 0 Å². The molecule has 0 radical (unpaired) electrons. The third-order valence-electron chi connectivity index (χ3n) is 4.36. The van der Waals surface area contributed by atoms with Gasteiger partial charge in [0.2, 0.25) is 0 Å². The molecule has 2 rings (SSSR count). The molecule has 0 spiro atoms. The molecule has 1 aromatic rings. The van der Waals surface area contributed by atoms with Crippen molar-refractivity contribution in [2.24, 2.45) is 17.3 Å². The van der Waals surface area contributed by atoms with Crippen LogP contribution >= 0.6 is 0 Å². The van der Waals surface area contributed by atoms with Crippen molar-refractivity contribution in [2.75, 3.05) is 0 Å². The van der Waals surface area contributed by atoms with Gasteiger partial charge in [-0.1, -0.05) is 26.0 Å². The fraction of sp³-hybridized carbons (Fsp3) is 0.412. The predicted octanol–water partition coefficient (Wildman–Crippen LogP) is 3.59. The second-order valence-corrected chi connectivity index (χ2v) is 6.41. The van der Waals surface area contributed by atoms with Crippen LogP contribution in [0.3, 0.4) is 0 Å². The van der Waals surface area contributed by atoms with Gasteiger partial charge in [-0.05, 0) is 11.3 Å². The van der Waals surface area contributed by atoms with E-state index in [0.29, 0.717) is 0 Å². The normalized spacial score (nSPS) is 21.4. The van der Waals surface area contributed by atoms with Gasteiger partial charge in [-0.25, -0.2) is 17.6 Å². The molecule has 0 bridgehead atoms. The van der Waals surface area contributed by atoms with Crippen molar-refractivity contribution in [1.29, 1.82) is 0 Å². The average molecular weight is 360 g/mol. The Hall–Kier alpha value is -2.38. The van der Waals surface area contributed by atoms with Gasteiger partial charge in [-0.15, -0.1) is 0 Å². The monoisotopic (exact) mass is 360 g/mol. The molecule has 0 saturated heterocycles. The number of benzene rings is 1. The summed E-state index contributed by atoms with van der Waals surface area (Å²) in [6.45, 7) is 2.55. The smallest absolute Gasteiger partial charge is 0.310 e. The van der Waals surface area contributed by atoms with Gasteiger partial charge in [0.25, 0.3) is 0 Å². The lowest BCUT2D eigenvalue weighted by molar-refractivity contribution is -0.147. The van der Waals surface area contributed by atoms with Gasteiger partial charge < -0.3 is 9.84 Å². The molecule has 0 heterocycles. The lowest BCUT2D eigenvalue weighted by Gasteiger charge is -2.09. The third-order valence-corrected chi connectivity index (χ3v) is 4.36. The van der Waals surface area contributed by atoms with Gasteiger partial charge in [0, 0.05) is 6.07 Å². The Balaban J connectivity index is 2.04. The van der Waals surface area contributed by atoms with E-state index in [1.54, 1.807) is 19.9 Å². The topological polar surface area (TPSA) is 63.6 Å². The second-order valence-electron chi connectivity index (χ2n) is 6.41. The molecule has 0 aromatic heterocycles. The van der Waals surface area contributed by atoms with Crippen LogP contribution in [0.4, 0.5) is 17.6 Å². The number of carbonyl (C=O) groups excluding carboxylic acids is 1. The van der Waals surface area contributed by atoms with E-state index in [4.69, 9.17) is 9.84 Å². The van der Waals surface area contributed by atoms with E-state index in [9.17, 15) is 27.2 Å². The van der Waals surface area contributed by atoms with E-state index < -0.39 is 58.7 Å². The molecule has 25 heavy (non-hydrogen) atoms. The summed E-state index contributed by atoms with van der Waals surface area (Å²) in [5.74, 6) is -9.11. The van der Waals surface area contributed by atoms with Gasteiger partial charge in [0.15, 0.2) is 23.3 Å². The number of esters is 1. The lowest BCUT2D eigenvalue weighted by atomic mass is 10.1. The number of rotatable bonds is 6. The minimum absolute atomic E-state index is 0.0727. The molecule has 1 aliphatic carbocycles. The van der Waals surface area contributed by atoms with Crippen molar-refractivity contribution < 1.29 is 37.0 Å². The molecule has 4 nitrogen and oxygen atoms in total. The summed E-state index contributed by atoms with van der Waals surface area (Å²) in [6.07, 6.45) is 2.78. The van der Waals surface area contributed by atoms with Gasteiger partial charge in [-0.3, -0.25) is 9.59 Å². The summed E-state index contributed by atoms with van der Waals surface area (Å²) in [4.78, 5) is 22.6. The number of carboxylic acid groups (broad SMARTS) is 1. The molecule has 2 unspecified atom stereocenters. The van der Waals surface area contributed by atoms with E-state index in [-0.39, 0.29) is 18.4 Å². The van der Waals surface area contributed by atoms with Crippen LogP contribution in [-0.2, 0) is 20.9 Å². The zero-order chi connectivity index (χ0) is 18.9. The van der Waals surface area contributed by atoms with Crippen LogP contribution in [0.2, 0.25) is 0 Å². The maximum Gasteiger partial charge on any atom is 0.310 e. The number of carbonyl (C=O) groups is 2. The number of hydrogen-bond acceptors (Lipinski definition) is 3. The highest BCUT2D eigenvalue weighted by molar-refractivity contribution is 5.78. The van der Waals surface area contributed by atoms with Crippen molar-refractivity contribution >= 4 is 11.9 Å². The fourth-order valence-electron chi connectivity index (χ4n) is 2.78. The Kier molecular flexibility index (Phi) is 5.20. The number of aliphatic carboxylic acids is 1. The highest BCUT2D eigenvalue weighted by atomic mass is 19.2. The van der Waals surface area contributed by atoms with Crippen LogP contribution in [0, 0.1) is 40.5 Å². The van der Waals surface area contributed by atoms with Crippen molar-refractivity contribution in [3.05, 3.63) is 47.1 Å². The Labute approximate surface area is 141 Å². The molecule has 136 valence electrons. The molecule has 0 aliphatic heterocycles. The predicted molar refractivity (Wildman–Crippen MR) is 78.2 cm³/mol. The zero-order valence-corrected chi connectivity index (χ0v) is 13.5. The minimum Gasteiger partial charge on any atom is -0.481 e. The Bertz CT molecular complexity index is 716. The number of halogens is 4. The fourth-order valence-corrected chi connectivity index (χ4v) is 2.78. The first-order valence-corrected chi connectivity index (χ1v) is 7.44. The van der Waals surface area contributed by atoms with Gasteiger partial charge >= 0.3 is 11.9 Å². The Morgan fingerprint density at radius 2 is 1.76 bits per heavy atom. The second kappa shape index (κ2) is 6.85. The third kappa shape index (κ3) is 3.83. The summed E-state index contributed by atoms with van der Waals surface area (Å²) >= 11 is 0. The van der Waals surface area contributed by atoms with E-state index in [1.807, 2.05) is 0 Å². The van der Waals surface area contributed by atoms with Crippen molar-refractivity contribution in [1.82, 2.24) is 0 Å². The molecule has 1 aliphatic rings.